The molecule has 1 amide bonds. The summed E-state index contributed by atoms with van der Waals surface area (Å²) in [5.74, 6) is -0.218. The molecular formula is C16H15ClN4OS. The summed E-state index contributed by atoms with van der Waals surface area (Å²) in [6.45, 7) is 3.76. The number of carbonyl (C=O) groups excluding carboxylic acids is 1. The van der Waals surface area contributed by atoms with Gasteiger partial charge in [0.15, 0.2) is 0 Å². The van der Waals surface area contributed by atoms with Crippen molar-refractivity contribution in [3.63, 3.8) is 0 Å². The Morgan fingerprint density at radius 3 is 2.65 bits per heavy atom. The number of para-hydroxylation sites is 1. The zero-order chi connectivity index (χ0) is 16.4. The van der Waals surface area contributed by atoms with Crippen LogP contribution in [0.2, 0.25) is 5.02 Å². The van der Waals surface area contributed by atoms with Crippen LogP contribution in [0.15, 0.2) is 48.0 Å². The van der Waals surface area contributed by atoms with Gasteiger partial charge in [0, 0.05) is 0 Å². The quantitative estimate of drug-likeness (QED) is 0.784. The Labute approximate surface area is 142 Å². The average Bonchev–Trinajstić information content (AvgIpc) is 3.17. The molecule has 23 heavy (non-hydrogen) atoms. The first-order valence-electron chi connectivity index (χ1n) is 7.01. The molecule has 5 nitrogen and oxygen atoms in total. The van der Waals surface area contributed by atoms with Gasteiger partial charge in [-0.1, -0.05) is 35.0 Å². The van der Waals surface area contributed by atoms with Gasteiger partial charge in [0.2, 0.25) is 0 Å². The standard InChI is InChI=1S/C16H15ClN4OS/c1-16(2,18-15(22)14-12(17)8-9-23-14)13-10-21(20-19-13)11-6-4-3-5-7-11/h3-10H,1-2H3,(H,18,22). The molecule has 118 valence electrons. The minimum Gasteiger partial charge on any atom is -0.341 e. The summed E-state index contributed by atoms with van der Waals surface area (Å²) in [6.07, 6.45) is 1.81. The summed E-state index contributed by atoms with van der Waals surface area (Å²) in [5, 5.41) is 13.5. The van der Waals surface area contributed by atoms with E-state index < -0.39 is 5.54 Å². The number of nitrogens with zero attached hydrogens (tertiary/aromatic N) is 3. The summed E-state index contributed by atoms with van der Waals surface area (Å²) in [4.78, 5) is 12.8. The summed E-state index contributed by atoms with van der Waals surface area (Å²) in [7, 11) is 0. The predicted octanol–water partition coefficient (Wildman–Crippen LogP) is 3.65. The molecule has 3 rings (SSSR count). The maximum Gasteiger partial charge on any atom is 0.263 e. The molecule has 0 atom stereocenters. The Balaban J connectivity index is 1.82. The van der Waals surface area contributed by atoms with E-state index in [0.29, 0.717) is 15.6 Å². The van der Waals surface area contributed by atoms with E-state index in [9.17, 15) is 4.79 Å². The number of thiophene rings is 1. The molecule has 2 heterocycles. The minimum absolute atomic E-state index is 0.218. The summed E-state index contributed by atoms with van der Waals surface area (Å²) >= 11 is 7.32. The van der Waals surface area contributed by atoms with Crippen LogP contribution < -0.4 is 5.32 Å². The number of nitrogens with one attached hydrogen (secondary N) is 1. The van der Waals surface area contributed by atoms with Crippen LogP contribution in [0, 0.1) is 0 Å². The van der Waals surface area contributed by atoms with E-state index in [1.807, 2.05) is 50.4 Å². The summed E-state index contributed by atoms with van der Waals surface area (Å²) < 4.78 is 1.68. The van der Waals surface area contributed by atoms with Gasteiger partial charge >= 0.3 is 0 Å². The zero-order valence-electron chi connectivity index (χ0n) is 12.7. The second-order valence-corrected chi connectivity index (χ2v) is 6.88. The van der Waals surface area contributed by atoms with Crippen molar-refractivity contribution in [3.8, 4) is 5.69 Å². The van der Waals surface area contributed by atoms with Crippen LogP contribution in [0.3, 0.4) is 0 Å². The second-order valence-electron chi connectivity index (χ2n) is 5.56. The first kappa shape index (κ1) is 15.7. The largest absolute Gasteiger partial charge is 0.341 e. The lowest BCUT2D eigenvalue weighted by Crippen LogP contribution is -2.41. The molecule has 0 fully saturated rings. The van der Waals surface area contributed by atoms with Gasteiger partial charge in [0.25, 0.3) is 5.91 Å². The van der Waals surface area contributed by atoms with E-state index in [1.165, 1.54) is 11.3 Å². The molecular weight excluding hydrogens is 332 g/mol. The highest BCUT2D eigenvalue weighted by Crippen LogP contribution is 2.24. The Morgan fingerprint density at radius 2 is 2.00 bits per heavy atom. The van der Waals surface area contributed by atoms with Crippen molar-refractivity contribution in [1.29, 1.82) is 0 Å². The molecule has 0 aliphatic carbocycles. The summed E-state index contributed by atoms with van der Waals surface area (Å²) in [6, 6.07) is 11.4. The van der Waals surface area contributed by atoms with Gasteiger partial charge in [0.1, 0.15) is 10.6 Å². The third kappa shape index (κ3) is 3.28. The molecule has 0 spiro atoms. The molecule has 7 heteroatoms. The van der Waals surface area contributed by atoms with Gasteiger partial charge < -0.3 is 5.32 Å². The summed E-state index contributed by atoms with van der Waals surface area (Å²) in [5.41, 5.74) is 0.911. The first-order chi connectivity index (χ1) is 11.0. The maximum atomic E-state index is 12.4. The smallest absolute Gasteiger partial charge is 0.263 e. The molecule has 1 N–H and O–H groups in total. The van der Waals surface area contributed by atoms with Gasteiger partial charge in [-0.3, -0.25) is 4.79 Å². The Bertz CT molecular complexity index is 825. The third-order valence-corrected chi connectivity index (χ3v) is 4.74. The molecule has 0 aliphatic heterocycles. The van der Waals surface area contributed by atoms with Gasteiger partial charge in [0.05, 0.1) is 22.4 Å². The molecule has 0 aliphatic rings. The first-order valence-corrected chi connectivity index (χ1v) is 8.27. The van der Waals surface area contributed by atoms with E-state index in [0.717, 1.165) is 5.69 Å². The van der Waals surface area contributed by atoms with Crippen LogP contribution in [0.4, 0.5) is 0 Å². The number of halogens is 1. The van der Waals surface area contributed by atoms with Gasteiger partial charge in [-0.15, -0.1) is 16.4 Å². The van der Waals surface area contributed by atoms with Crippen LogP contribution in [0.1, 0.15) is 29.2 Å². The van der Waals surface area contributed by atoms with Crippen molar-refractivity contribution in [2.45, 2.75) is 19.4 Å². The Morgan fingerprint density at radius 1 is 1.26 bits per heavy atom. The minimum atomic E-state index is -0.669. The van der Waals surface area contributed by atoms with Crippen molar-refractivity contribution in [3.05, 3.63) is 63.6 Å². The van der Waals surface area contributed by atoms with Gasteiger partial charge in [-0.05, 0) is 37.4 Å². The van der Waals surface area contributed by atoms with Crippen molar-refractivity contribution >= 4 is 28.8 Å². The average molecular weight is 347 g/mol. The number of hydrogen-bond acceptors (Lipinski definition) is 4. The Hall–Kier alpha value is -2.18. The highest BCUT2D eigenvalue weighted by Gasteiger charge is 2.28. The van der Waals surface area contributed by atoms with Crippen LogP contribution in [-0.4, -0.2) is 20.9 Å². The number of carbonyl (C=O) groups is 1. The van der Waals surface area contributed by atoms with E-state index in [2.05, 4.69) is 15.6 Å². The Kier molecular flexibility index (Phi) is 4.19. The van der Waals surface area contributed by atoms with E-state index in [-0.39, 0.29) is 5.91 Å². The van der Waals surface area contributed by atoms with Gasteiger partial charge in [-0.25, -0.2) is 4.68 Å². The molecule has 1 aromatic carbocycles. The fourth-order valence-electron chi connectivity index (χ4n) is 2.12. The number of amides is 1. The highest BCUT2D eigenvalue weighted by atomic mass is 35.5. The number of aromatic nitrogens is 3. The van der Waals surface area contributed by atoms with Crippen LogP contribution in [-0.2, 0) is 5.54 Å². The SMILES string of the molecule is CC(C)(NC(=O)c1sccc1Cl)c1cn(-c2ccccc2)nn1. The lowest BCUT2D eigenvalue weighted by molar-refractivity contribution is 0.0914. The molecule has 0 radical (unpaired) electrons. The van der Waals surface area contributed by atoms with Crippen molar-refractivity contribution in [1.82, 2.24) is 20.3 Å². The van der Waals surface area contributed by atoms with E-state index >= 15 is 0 Å². The third-order valence-electron chi connectivity index (χ3n) is 3.40. The highest BCUT2D eigenvalue weighted by molar-refractivity contribution is 7.12. The van der Waals surface area contributed by atoms with Crippen molar-refractivity contribution in [2.24, 2.45) is 0 Å². The number of benzene rings is 1. The maximum absolute atomic E-state index is 12.4. The van der Waals surface area contributed by atoms with Crippen molar-refractivity contribution < 1.29 is 4.79 Å². The monoisotopic (exact) mass is 346 g/mol. The molecule has 0 saturated carbocycles. The number of hydrogen-bond donors (Lipinski definition) is 1. The molecule has 0 saturated heterocycles. The fraction of sp³-hybridized carbons (Fsp3) is 0.188. The second kappa shape index (κ2) is 6.14. The van der Waals surface area contributed by atoms with E-state index in [1.54, 1.807) is 16.1 Å². The van der Waals surface area contributed by atoms with Crippen LogP contribution in [0.5, 0.6) is 0 Å². The molecule has 3 aromatic rings. The number of rotatable bonds is 4. The molecule has 2 aromatic heterocycles. The lowest BCUT2D eigenvalue weighted by Gasteiger charge is -2.23. The van der Waals surface area contributed by atoms with Gasteiger partial charge in [-0.2, -0.15) is 0 Å². The van der Waals surface area contributed by atoms with Crippen LogP contribution >= 0.6 is 22.9 Å². The normalized spacial score (nSPS) is 11.4. The fourth-order valence-corrected chi connectivity index (χ4v) is 3.15. The molecule has 0 bridgehead atoms. The predicted molar refractivity (Wildman–Crippen MR) is 91.2 cm³/mol. The molecule has 0 unspecified atom stereocenters. The van der Waals surface area contributed by atoms with Crippen LogP contribution in [0.25, 0.3) is 5.69 Å². The van der Waals surface area contributed by atoms with E-state index in [4.69, 9.17) is 11.6 Å². The lowest BCUT2D eigenvalue weighted by atomic mass is 10.0. The zero-order valence-corrected chi connectivity index (χ0v) is 14.2. The van der Waals surface area contributed by atoms with Crippen molar-refractivity contribution in [2.75, 3.05) is 0 Å². The topological polar surface area (TPSA) is 59.8 Å².